The second kappa shape index (κ2) is 10.6. The zero-order valence-corrected chi connectivity index (χ0v) is 16.4. The monoisotopic (exact) mass is 426 g/mol. The average molecular weight is 426 g/mol. The van der Waals surface area contributed by atoms with Gasteiger partial charge in [0.1, 0.15) is 18.7 Å². The molecule has 0 fully saturated rings. The Hall–Kier alpha value is -4.15. The fraction of sp³-hybridized carbons (Fsp3) is 0.250. The lowest BCUT2D eigenvalue weighted by Crippen LogP contribution is -2.53. The van der Waals surface area contributed by atoms with Gasteiger partial charge in [0.2, 0.25) is 5.91 Å². The van der Waals surface area contributed by atoms with Gasteiger partial charge in [-0.25, -0.2) is 19.6 Å². The zero-order valence-electron chi connectivity index (χ0n) is 16.4. The molecule has 0 saturated carbocycles. The molecule has 2 atom stereocenters. The van der Waals surface area contributed by atoms with Crippen LogP contribution in [0.3, 0.4) is 0 Å². The summed E-state index contributed by atoms with van der Waals surface area (Å²) in [7, 11) is 0. The first kappa shape index (κ1) is 21.6. The number of carbonyl (C=O) groups excluding carboxylic acids is 2. The van der Waals surface area contributed by atoms with Gasteiger partial charge in [0, 0.05) is 36.6 Å². The molecule has 3 aromatic rings. The molecule has 31 heavy (non-hydrogen) atoms. The van der Waals surface area contributed by atoms with E-state index in [1.165, 1.54) is 25.0 Å². The summed E-state index contributed by atoms with van der Waals surface area (Å²) in [5.74, 6) is -1.88. The summed E-state index contributed by atoms with van der Waals surface area (Å²) in [6, 6.07) is 6.79. The summed E-state index contributed by atoms with van der Waals surface area (Å²) in [6.45, 7) is 0.0304. The molecule has 11 heteroatoms. The van der Waals surface area contributed by atoms with E-state index in [1.807, 2.05) is 18.2 Å². The third-order valence-corrected chi connectivity index (χ3v) is 4.39. The lowest BCUT2D eigenvalue weighted by molar-refractivity contribution is -0.142. The smallest absolute Gasteiger partial charge is 0.408 e. The fourth-order valence-electron chi connectivity index (χ4n) is 2.82. The molecule has 0 aliphatic heterocycles. The molecule has 11 nitrogen and oxygen atoms in total. The van der Waals surface area contributed by atoms with E-state index >= 15 is 0 Å². The molecule has 2 heterocycles. The summed E-state index contributed by atoms with van der Waals surface area (Å²) >= 11 is 0. The molecule has 2 aromatic heterocycles. The van der Waals surface area contributed by atoms with Crippen LogP contribution < -0.4 is 10.6 Å². The molecule has 1 aromatic carbocycles. The van der Waals surface area contributed by atoms with Gasteiger partial charge in [0.05, 0.1) is 12.7 Å². The number of imidazole rings is 2. The SMILES string of the molecule is O=C(NC(Cc1cnc[nH]1)C(=O)NC(Cc1cnc[nH]1)C(=O)O)OCc1ccccc1. The maximum Gasteiger partial charge on any atom is 0.408 e. The third kappa shape index (κ3) is 6.70. The number of hydrogen-bond donors (Lipinski definition) is 5. The highest BCUT2D eigenvalue weighted by atomic mass is 16.5. The Morgan fingerprint density at radius 2 is 1.55 bits per heavy atom. The molecular formula is C20H22N6O5. The number of carboxylic acid groups (broad SMARTS) is 1. The first-order valence-corrected chi connectivity index (χ1v) is 9.46. The Bertz CT molecular complexity index is 975. The first-order chi connectivity index (χ1) is 15.0. The topological polar surface area (TPSA) is 162 Å². The number of ether oxygens (including phenoxy) is 1. The van der Waals surface area contributed by atoms with Gasteiger partial charge in [0.25, 0.3) is 0 Å². The first-order valence-electron chi connectivity index (χ1n) is 9.46. The standard InChI is InChI=1S/C20H22N6O5/c27-18(25-17(19(28)29)7-15-9-22-12-24-15)16(6-14-8-21-11-23-14)26-20(30)31-10-13-4-2-1-3-5-13/h1-5,8-9,11-12,16-17H,6-7,10H2,(H,21,23)(H,22,24)(H,25,27)(H,26,30)(H,28,29). The summed E-state index contributed by atoms with van der Waals surface area (Å²) in [6.07, 6.45) is 5.13. The lowest BCUT2D eigenvalue weighted by atomic mass is 10.1. The van der Waals surface area contributed by atoms with E-state index in [0.29, 0.717) is 11.4 Å². The predicted octanol–water partition coefficient (Wildman–Crippen LogP) is 0.782. The van der Waals surface area contributed by atoms with Crippen molar-refractivity contribution >= 4 is 18.0 Å². The van der Waals surface area contributed by atoms with Crippen molar-refractivity contribution in [2.45, 2.75) is 31.5 Å². The number of alkyl carbamates (subject to hydrolysis) is 1. The summed E-state index contributed by atoms with van der Waals surface area (Å²) in [4.78, 5) is 50.1. The molecule has 2 unspecified atom stereocenters. The number of hydrogen-bond acceptors (Lipinski definition) is 6. The van der Waals surface area contributed by atoms with E-state index in [2.05, 4.69) is 30.6 Å². The Labute approximate surface area is 177 Å². The van der Waals surface area contributed by atoms with Crippen LogP contribution in [-0.2, 0) is 33.8 Å². The summed E-state index contributed by atoms with van der Waals surface area (Å²) < 4.78 is 5.18. The molecule has 0 spiro atoms. The van der Waals surface area contributed by atoms with Crippen LogP contribution in [0.5, 0.6) is 0 Å². The molecule has 162 valence electrons. The van der Waals surface area contributed by atoms with Crippen molar-refractivity contribution in [2.75, 3.05) is 0 Å². The van der Waals surface area contributed by atoms with Crippen LogP contribution in [0.2, 0.25) is 0 Å². The summed E-state index contributed by atoms with van der Waals surface area (Å²) in [5.41, 5.74) is 1.93. The van der Waals surface area contributed by atoms with Crippen LogP contribution in [0, 0.1) is 0 Å². The van der Waals surface area contributed by atoms with Crippen molar-refractivity contribution in [3.63, 3.8) is 0 Å². The number of nitrogens with zero attached hydrogens (tertiary/aromatic N) is 2. The number of aromatic nitrogens is 4. The van der Waals surface area contributed by atoms with Gasteiger partial charge >= 0.3 is 12.1 Å². The van der Waals surface area contributed by atoms with Crippen LogP contribution in [-0.4, -0.2) is 55.1 Å². The summed E-state index contributed by atoms with van der Waals surface area (Å²) in [5, 5.41) is 14.4. The molecule has 0 aliphatic rings. The van der Waals surface area contributed by atoms with E-state index < -0.39 is 30.1 Å². The fourth-order valence-corrected chi connectivity index (χ4v) is 2.82. The Morgan fingerprint density at radius 1 is 0.935 bits per heavy atom. The highest BCUT2D eigenvalue weighted by Gasteiger charge is 2.28. The van der Waals surface area contributed by atoms with E-state index in [0.717, 1.165) is 5.56 Å². The molecule has 0 bridgehead atoms. The number of nitrogens with one attached hydrogen (secondary N) is 4. The van der Waals surface area contributed by atoms with Crippen molar-refractivity contribution in [3.05, 3.63) is 72.3 Å². The van der Waals surface area contributed by atoms with E-state index in [4.69, 9.17) is 4.74 Å². The second-order valence-electron chi connectivity index (χ2n) is 6.72. The Morgan fingerprint density at radius 3 is 2.10 bits per heavy atom. The van der Waals surface area contributed by atoms with Crippen LogP contribution in [0.25, 0.3) is 0 Å². The van der Waals surface area contributed by atoms with E-state index in [9.17, 15) is 19.5 Å². The number of carboxylic acids is 1. The number of carbonyl (C=O) groups is 3. The quantitative estimate of drug-likeness (QED) is 0.320. The second-order valence-corrected chi connectivity index (χ2v) is 6.72. The van der Waals surface area contributed by atoms with Crippen molar-refractivity contribution in [1.82, 2.24) is 30.6 Å². The number of H-pyrrole nitrogens is 2. The minimum absolute atomic E-state index is 0.0102. The van der Waals surface area contributed by atoms with Gasteiger partial charge in [-0.1, -0.05) is 30.3 Å². The molecule has 2 amide bonds. The van der Waals surface area contributed by atoms with Crippen LogP contribution >= 0.6 is 0 Å². The minimum Gasteiger partial charge on any atom is -0.480 e. The van der Waals surface area contributed by atoms with Crippen LogP contribution in [0.15, 0.2) is 55.4 Å². The van der Waals surface area contributed by atoms with Crippen molar-refractivity contribution in [3.8, 4) is 0 Å². The van der Waals surface area contributed by atoms with Gasteiger partial charge in [-0.15, -0.1) is 0 Å². The van der Waals surface area contributed by atoms with Gasteiger partial charge in [0.15, 0.2) is 0 Å². The molecule has 0 radical (unpaired) electrons. The highest BCUT2D eigenvalue weighted by Crippen LogP contribution is 2.05. The van der Waals surface area contributed by atoms with Crippen molar-refractivity contribution in [2.24, 2.45) is 0 Å². The van der Waals surface area contributed by atoms with E-state index in [-0.39, 0.29) is 19.4 Å². The maximum atomic E-state index is 12.8. The van der Waals surface area contributed by atoms with Crippen LogP contribution in [0.4, 0.5) is 4.79 Å². The number of aliphatic carboxylic acids is 1. The van der Waals surface area contributed by atoms with Gasteiger partial charge in [-0.2, -0.15) is 0 Å². The molecule has 3 rings (SSSR count). The maximum absolute atomic E-state index is 12.8. The Kier molecular flexibility index (Phi) is 7.35. The molecule has 0 aliphatic carbocycles. The number of aromatic amines is 2. The molecule has 5 N–H and O–H groups in total. The van der Waals surface area contributed by atoms with Gasteiger partial charge < -0.3 is 30.4 Å². The lowest BCUT2D eigenvalue weighted by Gasteiger charge is -2.21. The average Bonchev–Trinajstić information content (AvgIpc) is 3.46. The number of rotatable bonds is 10. The molecule has 0 saturated heterocycles. The third-order valence-electron chi connectivity index (χ3n) is 4.39. The van der Waals surface area contributed by atoms with Crippen molar-refractivity contribution < 1.29 is 24.2 Å². The Balaban J connectivity index is 1.64. The zero-order chi connectivity index (χ0) is 22.1. The van der Waals surface area contributed by atoms with Gasteiger partial charge in [-0.3, -0.25) is 4.79 Å². The van der Waals surface area contributed by atoms with Gasteiger partial charge in [-0.05, 0) is 5.56 Å². The van der Waals surface area contributed by atoms with E-state index in [1.54, 1.807) is 12.1 Å². The minimum atomic E-state index is -1.21. The number of benzene rings is 1. The number of amides is 2. The van der Waals surface area contributed by atoms with Crippen LogP contribution in [0.1, 0.15) is 17.0 Å². The largest absolute Gasteiger partial charge is 0.480 e. The highest BCUT2D eigenvalue weighted by molar-refractivity contribution is 5.89. The predicted molar refractivity (Wildman–Crippen MR) is 108 cm³/mol. The van der Waals surface area contributed by atoms with Crippen molar-refractivity contribution in [1.29, 1.82) is 0 Å². The normalized spacial score (nSPS) is 12.5. The molecular weight excluding hydrogens is 404 g/mol.